The summed E-state index contributed by atoms with van der Waals surface area (Å²) in [6.45, 7) is 7.29. The zero-order valence-corrected chi connectivity index (χ0v) is 16.2. The minimum atomic E-state index is -0.596. The lowest BCUT2D eigenvalue weighted by molar-refractivity contribution is 0.0233. The molecular weight excluding hydrogens is 346 g/mol. The number of allylic oxidation sites excluding steroid dienone is 1. The topological polar surface area (TPSA) is 90.0 Å². The SMILES string of the molecule is CC1=C(N)Nc2cc(C(c3ccco3)N(C)C(=O)OC(C)(C)C)ccc2O1. The molecule has 0 radical (unpaired) electrons. The first kappa shape index (κ1) is 18.7. The Morgan fingerprint density at radius 1 is 1.30 bits per heavy atom. The van der Waals surface area contributed by atoms with Crippen LogP contribution in [0.3, 0.4) is 0 Å². The lowest BCUT2D eigenvalue weighted by Crippen LogP contribution is -2.37. The summed E-state index contributed by atoms with van der Waals surface area (Å²) in [7, 11) is 1.68. The van der Waals surface area contributed by atoms with Crippen molar-refractivity contribution in [1.82, 2.24) is 4.90 Å². The molecule has 1 aromatic heterocycles. The fourth-order valence-electron chi connectivity index (χ4n) is 2.82. The minimum Gasteiger partial charge on any atom is -0.467 e. The van der Waals surface area contributed by atoms with Crippen LogP contribution in [-0.2, 0) is 4.74 Å². The van der Waals surface area contributed by atoms with E-state index in [1.54, 1.807) is 26.3 Å². The van der Waals surface area contributed by atoms with Crippen LogP contribution in [0.2, 0.25) is 0 Å². The van der Waals surface area contributed by atoms with Crippen molar-refractivity contribution in [3.8, 4) is 5.75 Å². The van der Waals surface area contributed by atoms with Crippen LogP contribution >= 0.6 is 0 Å². The van der Waals surface area contributed by atoms with E-state index >= 15 is 0 Å². The summed E-state index contributed by atoms with van der Waals surface area (Å²) < 4.78 is 16.8. The molecule has 3 rings (SSSR count). The van der Waals surface area contributed by atoms with Gasteiger partial charge in [0, 0.05) is 7.05 Å². The Kier molecular flexibility index (Phi) is 4.78. The number of amides is 1. The van der Waals surface area contributed by atoms with E-state index in [2.05, 4.69) is 5.32 Å². The highest BCUT2D eigenvalue weighted by Crippen LogP contribution is 2.37. The van der Waals surface area contributed by atoms with Crippen LogP contribution in [0, 0.1) is 0 Å². The molecule has 0 saturated carbocycles. The standard InChI is InChI=1S/C20H25N3O4/c1-12-18(21)22-14-11-13(8-9-15(14)26-12)17(16-7-6-10-25-16)23(5)19(24)27-20(2,3)4/h6-11,17,22H,21H2,1-5H3. The van der Waals surface area contributed by atoms with Gasteiger partial charge < -0.3 is 24.9 Å². The van der Waals surface area contributed by atoms with E-state index in [1.165, 1.54) is 4.90 Å². The van der Waals surface area contributed by atoms with Gasteiger partial charge in [-0.25, -0.2) is 4.79 Å². The first-order valence-corrected chi connectivity index (χ1v) is 8.70. The molecule has 1 aliphatic heterocycles. The van der Waals surface area contributed by atoms with Gasteiger partial charge in [0.2, 0.25) is 0 Å². The van der Waals surface area contributed by atoms with Crippen molar-refractivity contribution >= 4 is 11.8 Å². The van der Waals surface area contributed by atoms with Gasteiger partial charge in [0.1, 0.15) is 29.0 Å². The summed E-state index contributed by atoms with van der Waals surface area (Å²) in [6, 6.07) is 8.77. The van der Waals surface area contributed by atoms with Crippen LogP contribution < -0.4 is 15.8 Å². The highest BCUT2D eigenvalue weighted by Gasteiger charge is 2.30. The predicted molar refractivity (Wildman–Crippen MR) is 102 cm³/mol. The molecule has 1 amide bonds. The number of fused-ring (bicyclic) bond motifs is 1. The highest BCUT2D eigenvalue weighted by molar-refractivity contribution is 5.70. The second kappa shape index (κ2) is 6.90. The van der Waals surface area contributed by atoms with Crippen LogP contribution in [0.15, 0.2) is 52.6 Å². The lowest BCUT2D eigenvalue weighted by Gasteiger charge is -2.30. The van der Waals surface area contributed by atoms with Crippen molar-refractivity contribution in [2.24, 2.45) is 5.73 Å². The fraction of sp³-hybridized carbons (Fsp3) is 0.350. The van der Waals surface area contributed by atoms with Gasteiger partial charge in [-0.15, -0.1) is 0 Å². The molecule has 144 valence electrons. The molecule has 7 heteroatoms. The fourth-order valence-corrected chi connectivity index (χ4v) is 2.82. The summed E-state index contributed by atoms with van der Waals surface area (Å²) >= 11 is 0. The van der Waals surface area contributed by atoms with E-state index in [-0.39, 0.29) is 0 Å². The van der Waals surface area contributed by atoms with Crippen molar-refractivity contribution in [3.63, 3.8) is 0 Å². The molecule has 2 heterocycles. The zero-order chi connectivity index (χ0) is 19.8. The molecule has 0 spiro atoms. The number of nitrogens with two attached hydrogens (primary N) is 1. The zero-order valence-electron chi connectivity index (χ0n) is 16.2. The maximum absolute atomic E-state index is 12.6. The van der Waals surface area contributed by atoms with Gasteiger partial charge in [-0.2, -0.15) is 0 Å². The number of anilines is 1. The van der Waals surface area contributed by atoms with Gasteiger partial charge in [-0.3, -0.25) is 4.90 Å². The van der Waals surface area contributed by atoms with E-state index in [9.17, 15) is 4.79 Å². The number of carbonyl (C=O) groups excluding carboxylic acids is 1. The summed E-state index contributed by atoms with van der Waals surface area (Å²) in [4.78, 5) is 14.2. The van der Waals surface area contributed by atoms with Crippen LogP contribution in [0.25, 0.3) is 0 Å². The van der Waals surface area contributed by atoms with Crippen molar-refractivity contribution in [2.45, 2.75) is 39.3 Å². The number of hydrogen-bond acceptors (Lipinski definition) is 6. The molecule has 27 heavy (non-hydrogen) atoms. The summed E-state index contributed by atoms with van der Waals surface area (Å²) in [5.41, 5.74) is 6.90. The van der Waals surface area contributed by atoms with Gasteiger partial charge in [0.25, 0.3) is 0 Å². The van der Waals surface area contributed by atoms with E-state index in [1.807, 2.05) is 45.0 Å². The summed E-state index contributed by atoms with van der Waals surface area (Å²) in [5, 5.41) is 3.12. The minimum absolute atomic E-state index is 0.443. The average molecular weight is 371 g/mol. The van der Waals surface area contributed by atoms with Crippen molar-refractivity contribution in [1.29, 1.82) is 0 Å². The molecule has 1 aliphatic rings. The van der Waals surface area contributed by atoms with Gasteiger partial charge in [-0.1, -0.05) is 6.07 Å². The number of nitrogens with one attached hydrogen (secondary N) is 1. The van der Waals surface area contributed by atoms with Gasteiger partial charge in [0.15, 0.2) is 5.75 Å². The smallest absolute Gasteiger partial charge is 0.410 e. The number of furan rings is 1. The largest absolute Gasteiger partial charge is 0.467 e. The van der Waals surface area contributed by atoms with Crippen molar-refractivity contribution in [3.05, 3.63) is 59.5 Å². The molecule has 0 fully saturated rings. The Morgan fingerprint density at radius 2 is 2.04 bits per heavy atom. The van der Waals surface area contributed by atoms with E-state index in [4.69, 9.17) is 19.6 Å². The third-order valence-corrected chi connectivity index (χ3v) is 4.11. The number of benzene rings is 1. The van der Waals surface area contributed by atoms with Crippen molar-refractivity contribution < 1.29 is 18.7 Å². The second-order valence-electron chi connectivity index (χ2n) is 7.46. The van der Waals surface area contributed by atoms with Crippen LogP contribution in [0.1, 0.15) is 45.1 Å². The molecule has 1 aromatic carbocycles. The van der Waals surface area contributed by atoms with Gasteiger partial charge in [0.05, 0.1) is 12.0 Å². The van der Waals surface area contributed by atoms with Crippen LogP contribution in [0.5, 0.6) is 5.75 Å². The molecule has 2 aromatic rings. The Hall–Kier alpha value is -3.09. The molecule has 3 N–H and O–H groups in total. The maximum Gasteiger partial charge on any atom is 0.410 e. The summed E-state index contributed by atoms with van der Waals surface area (Å²) in [6.07, 6.45) is 1.14. The molecule has 0 bridgehead atoms. The third-order valence-electron chi connectivity index (χ3n) is 4.11. The number of ether oxygens (including phenoxy) is 2. The first-order chi connectivity index (χ1) is 12.7. The van der Waals surface area contributed by atoms with Gasteiger partial charge >= 0.3 is 6.09 Å². The number of carbonyl (C=O) groups is 1. The third kappa shape index (κ3) is 4.02. The second-order valence-corrected chi connectivity index (χ2v) is 7.46. The lowest BCUT2D eigenvalue weighted by atomic mass is 10.0. The van der Waals surface area contributed by atoms with Crippen LogP contribution in [-0.4, -0.2) is 23.6 Å². The van der Waals surface area contributed by atoms with Gasteiger partial charge in [-0.05, 0) is 57.5 Å². The quantitative estimate of drug-likeness (QED) is 0.841. The number of rotatable bonds is 3. The highest BCUT2D eigenvalue weighted by atomic mass is 16.6. The maximum atomic E-state index is 12.6. The molecular formula is C20H25N3O4. The molecule has 1 unspecified atom stereocenters. The Balaban J connectivity index is 1.96. The Bertz CT molecular complexity index is 866. The average Bonchev–Trinajstić information content (AvgIpc) is 3.08. The Morgan fingerprint density at radius 3 is 2.67 bits per heavy atom. The predicted octanol–water partition coefficient (Wildman–Crippen LogP) is 4.19. The van der Waals surface area contributed by atoms with Crippen LogP contribution in [0.4, 0.5) is 10.5 Å². The normalized spacial score (nSPS) is 14.7. The molecule has 7 nitrogen and oxygen atoms in total. The molecule has 0 saturated heterocycles. The van der Waals surface area contributed by atoms with E-state index < -0.39 is 17.7 Å². The van der Waals surface area contributed by atoms with E-state index in [0.29, 0.717) is 23.1 Å². The van der Waals surface area contributed by atoms with Crippen molar-refractivity contribution in [2.75, 3.05) is 12.4 Å². The summed E-state index contributed by atoms with van der Waals surface area (Å²) in [5.74, 6) is 2.36. The molecule has 0 aliphatic carbocycles. The first-order valence-electron chi connectivity index (χ1n) is 8.70. The van der Waals surface area contributed by atoms with E-state index in [0.717, 1.165) is 11.3 Å². The number of nitrogens with zero attached hydrogens (tertiary/aromatic N) is 1. The number of hydrogen-bond donors (Lipinski definition) is 2. The Labute approximate surface area is 158 Å². The monoisotopic (exact) mass is 371 g/mol. The molecule has 1 atom stereocenters.